The zero-order chi connectivity index (χ0) is 21.4. The molecule has 2 amide bonds. The molecule has 0 bridgehead atoms. The Morgan fingerprint density at radius 1 is 1.17 bits per heavy atom. The van der Waals surface area contributed by atoms with Crippen LogP contribution in [0.1, 0.15) is 15.9 Å². The van der Waals surface area contributed by atoms with Gasteiger partial charge in [0.05, 0.1) is 17.4 Å². The Morgan fingerprint density at radius 2 is 1.90 bits per heavy atom. The number of fused-ring (bicyclic) bond motifs is 1. The first kappa shape index (κ1) is 20.5. The minimum absolute atomic E-state index is 0.0483. The van der Waals surface area contributed by atoms with E-state index in [2.05, 4.69) is 20.2 Å². The number of aromatic nitrogens is 2. The molecule has 2 aliphatic heterocycles. The Morgan fingerprint density at radius 3 is 2.60 bits per heavy atom. The van der Waals surface area contributed by atoms with Crippen molar-refractivity contribution in [3.05, 3.63) is 39.8 Å². The molecule has 1 saturated heterocycles. The second kappa shape index (κ2) is 8.16. The molecule has 1 aromatic heterocycles. The number of carboxylic acid groups (broad SMARTS) is 1. The molecule has 0 spiro atoms. The number of halogens is 2. The number of likely N-dealkylation sites (N-methyl/N-ethyl adjacent to an activating group) is 1. The van der Waals surface area contributed by atoms with Crippen molar-refractivity contribution in [2.75, 3.05) is 50.0 Å². The first-order chi connectivity index (χ1) is 14.3. The van der Waals surface area contributed by atoms with Gasteiger partial charge in [-0.1, -0.05) is 11.6 Å². The molecule has 0 atom stereocenters. The maximum Gasteiger partial charge on any atom is 0.407 e. The van der Waals surface area contributed by atoms with Crippen LogP contribution in [0.3, 0.4) is 0 Å². The number of amides is 2. The quantitative estimate of drug-likeness (QED) is 0.692. The van der Waals surface area contributed by atoms with Gasteiger partial charge in [-0.25, -0.2) is 9.78 Å². The molecule has 2 aliphatic rings. The summed E-state index contributed by atoms with van der Waals surface area (Å²) >= 11 is 12.1. The Labute approximate surface area is 183 Å². The molecule has 30 heavy (non-hydrogen) atoms. The molecule has 9 nitrogen and oxygen atoms in total. The monoisotopic (exact) mass is 450 g/mol. The van der Waals surface area contributed by atoms with Crippen molar-refractivity contribution in [1.82, 2.24) is 19.8 Å². The van der Waals surface area contributed by atoms with Crippen molar-refractivity contribution in [1.29, 1.82) is 0 Å². The predicted molar refractivity (Wildman–Crippen MR) is 114 cm³/mol. The molecular weight excluding hydrogens is 431 g/mol. The number of carbonyl (C=O) groups excluding carboxylic acids is 1. The van der Waals surface area contributed by atoms with Gasteiger partial charge in [-0.3, -0.25) is 4.79 Å². The standard InChI is InChI=1S/C19H20Cl2N6O3/c1-25-5-4-11-14(26-6-8-27(9-7-26)19(29)30)3-2-13(15(11)17(25)28)23-16-12(20)10-22-18(21)24-16/h2-3,10H,4-9H2,1H3,(H,29,30)(H,22,23,24). The topological polar surface area (TPSA) is 102 Å². The third kappa shape index (κ3) is 3.82. The highest BCUT2D eigenvalue weighted by Gasteiger charge is 2.30. The number of rotatable bonds is 3. The molecule has 0 radical (unpaired) electrons. The summed E-state index contributed by atoms with van der Waals surface area (Å²) in [5.74, 6) is 0.226. The van der Waals surface area contributed by atoms with Crippen molar-refractivity contribution in [2.24, 2.45) is 0 Å². The number of carbonyl (C=O) groups is 2. The molecule has 0 saturated carbocycles. The third-order valence-electron chi connectivity index (χ3n) is 5.40. The first-order valence-electron chi connectivity index (χ1n) is 9.44. The summed E-state index contributed by atoms with van der Waals surface area (Å²) in [4.78, 5) is 37.4. The maximum absolute atomic E-state index is 13.0. The Balaban J connectivity index is 1.71. The number of anilines is 3. The minimum Gasteiger partial charge on any atom is -0.465 e. The number of benzene rings is 1. The van der Waals surface area contributed by atoms with Gasteiger partial charge < -0.3 is 25.1 Å². The van der Waals surface area contributed by atoms with Gasteiger partial charge in [0.15, 0.2) is 5.82 Å². The second-order valence-corrected chi connectivity index (χ2v) is 7.93. The number of nitrogens with zero attached hydrogens (tertiary/aromatic N) is 5. The highest BCUT2D eigenvalue weighted by atomic mass is 35.5. The van der Waals surface area contributed by atoms with Crippen LogP contribution < -0.4 is 10.2 Å². The lowest BCUT2D eigenvalue weighted by atomic mass is 9.94. The van der Waals surface area contributed by atoms with E-state index in [0.29, 0.717) is 61.2 Å². The fourth-order valence-corrected chi connectivity index (χ4v) is 4.08. The predicted octanol–water partition coefficient (Wildman–Crippen LogP) is 2.96. The fraction of sp³-hybridized carbons (Fsp3) is 0.368. The van der Waals surface area contributed by atoms with E-state index in [9.17, 15) is 14.7 Å². The lowest BCUT2D eigenvalue weighted by molar-refractivity contribution is 0.0782. The summed E-state index contributed by atoms with van der Waals surface area (Å²) < 4.78 is 0. The summed E-state index contributed by atoms with van der Waals surface area (Å²) in [5.41, 5.74) is 3.04. The van der Waals surface area contributed by atoms with Crippen molar-refractivity contribution in [2.45, 2.75) is 6.42 Å². The summed E-state index contributed by atoms with van der Waals surface area (Å²) in [6.45, 7) is 2.60. The lowest BCUT2D eigenvalue weighted by Gasteiger charge is -2.37. The first-order valence-corrected chi connectivity index (χ1v) is 10.2. The molecule has 2 N–H and O–H groups in total. The van der Waals surface area contributed by atoms with E-state index < -0.39 is 6.09 Å². The average Bonchev–Trinajstić information content (AvgIpc) is 2.73. The largest absolute Gasteiger partial charge is 0.465 e. The van der Waals surface area contributed by atoms with E-state index in [1.54, 1.807) is 11.9 Å². The van der Waals surface area contributed by atoms with Crippen LogP contribution in [-0.4, -0.2) is 76.6 Å². The molecule has 158 valence electrons. The lowest BCUT2D eigenvalue weighted by Crippen LogP contribution is -2.49. The van der Waals surface area contributed by atoms with Crippen LogP contribution in [0.4, 0.5) is 22.0 Å². The number of nitrogens with one attached hydrogen (secondary N) is 1. The minimum atomic E-state index is -0.909. The Hall–Kier alpha value is -2.78. The maximum atomic E-state index is 13.0. The average molecular weight is 451 g/mol. The van der Waals surface area contributed by atoms with Crippen LogP contribution in [0.25, 0.3) is 0 Å². The van der Waals surface area contributed by atoms with Crippen LogP contribution in [0.5, 0.6) is 0 Å². The molecular formula is C19H20Cl2N6O3. The summed E-state index contributed by atoms with van der Waals surface area (Å²) in [7, 11) is 1.77. The molecule has 0 aliphatic carbocycles. The zero-order valence-corrected chi connectivity index (χ0v) is 17.7. The van der Waals surface area contributed by atoms with Gasteiger partial charge in [0, 0.05) is 45.5 Å². The second-order valence-electron chi connectivity index (χ2n) is 7.18. The molecule has 3 heterocycles. The van der Waals surface area contributed by atoms with E-state index >= 15 is 0 Å². The van der Waals surface area contributed by atoms with Crippen LogP contribution in [0.15, 0.2) is 18.3 Å². The van der Waals surface area contributed by atoms with Gasteiger partial charge in [0.2, 0.25) is 5.28 Å². The number of hydrogen-bond acceptors (Lipinski definition) is 6. The molecule has 11 heteroatoms. The van der Waals surface area contributed by atoms with E-state index in [1.807, 2.05) is 12.1 Å². The van der Waals surface area contributed by atoms with E-state index in [1.165, 1.54) is 11.1 Å². The fourth-order valence-electron chi connectivity index (χ4n) is 3.81. The van der Waals surface area contributed by atoms with Gasteiger partial charge in [0.1, 0.15) is 5.02 Å². The number of hydrogen-bond donors (Lipinski definition) is 2. The van der Waals surface area contributed by atoms with Crippen molar-refractivity contribution in [3.8, 4) is 0 Å². The van der Waals surface area contributed by atoms with E-state index in [0.717, 1.165) is 11.3 Å². The van der Waals surface area contributed by atoms with Gasteiger partial charge in [-0.2, -0.15) is 4.98 Å². The van der Waals surface area contributed by atoms with Gasteiger partial charge in [0.25, 0.3) is 5.91 Å². The highest BCUT2D eigenvalue weighted by molar-refractivity contribution is 6.33. The van der Waals surface area contributed by atoms with E-state index in [-0.39, 0.29) is 11.2 Å². The van der Waals surface area contributed by atoms with Crippen LogP contribution in [-0.2, 0) is 6.42 Å². The highest BCUT2D eigenvalue weighted by Crippen LogP contribution is 2.36. The van der Waals surface area contributed by atoms with Gasteiger partial charge in [-0.05, 0) is 35.7 Å². The van der Waals surface area contributed by atoms with Gasteiger partial charge in [-0.15, -0.1) is 0 Å². The molecule has 1 aromatic carbocycles. The SMILES string of the molecule is CN1CCc2c(N3CCN(C(=O)O)CC3)ccc(Nc3nc(Cl)ncc3Cl)c2C1=O. The molecule has 4 rings (SSSR count). The van der Waals surface area contributed by atoms with Gasteiger partial charge >= 0.3 is 6.09 Å². The smallest absolute Gasteiger partial charge is 0.407 e. The summed E-state index contributed by atoms with van der Waals surface area (Å²) in [5, 5.41) is 12.7. The van der Waals surface area contributed by atoms with Crippen LogP contribution in [0, 0.1) is 0 Å². The molecule has 2 aromatic rings. The number of piperazine rings is 1. The Kier molecular flexibility index (Phi) is 5.57. The molecule has 0 unspecified atom stereocenters. The zero-order valence-electron chi connectivity index (χ0n) is 16.2. The summed E-state index contributed by atoms with van der Waals surface area (Å²) in [6.07, 6.45) is 1.18. The molecule has 1 fully saturated rings. The normalized spacial score (nSPS) is 16.5. The third-order valence-corrected chi connectivity index (χ3v) is 5.86. The van der Waals surface area contributed by atoms with Crippen LogP contribution >= 0.6 is 23.2 Å². The van der Waals surface area contributed by atoms with E-state index in [4.69, 9.17) is 23.2 Å². The van der Waals surface area contributed by atoms with Crippen molar-refractivity contribution < 1.29 is 14.7 Å². The Bertz CT molecular complexity index is 1010. The van der Waals surface area contributed by atoms with Crippen molar-refractivity contribution in [3.63, 3.8) is 0 Å². The van der Waals surface area contributed by atoms with Crippen molar-refractivity contribution >= 4 is 52.4 Å². The van der Waals surface area contributed by atoms with Crippen LogP contribution in [0.2, 0.25) is 10.3 Å². The summed E-state index contributed by atoms with van der Waals surface area (Å²) in [6, 6.07) is 3.77.